The highest BCUT2D eigenvalue weighted by atomic mass is 32.3. The quantitative estimate of drug-likeness (QED) is 0.316. The number of piperidine rings is 1. The summed E-state index contributed by atoms with van der Waals surface area (Å²) in [5.74, 6) is -1.10. The van der Waals surface area contributed by atoms with Crippen LogP contribution in [-0.4, -0.2) is 72.5 Å². The summed E-state index contributed by atoms with van der Waals surface area (Å²) in [7, 11) is -4.83. The summed E-state index contributed by atoms with van der Waals surface area (Å²) in [5.41, 5.74) is 4.66. The van der Waals surface area contributed by atoms with Crippen LogP contribution in [-0.2, 0) is 24.3 Å². The molecular formula is C12H19N5O7S. The summed E-state index contributed by atoms with van der Waals surface area (Å²) in [6.45, 7) is 1.37. The summed E-state index contributed by atoms with van der Waals surface area (Å²) >= 11 is 0. The molecule has 12 nitrogen and oxygen atoms in total. The highest BCUT2D eigenvalue weighted by Gasteiger charge is 2.49. The Morgan fingerprint density at radius 2 is 1.92 bits per heavy atom. The molecule has 0 aliphatic carbocycles. The van der Waals surface area contributed by atoms with Crippen LogP contribution in [0.4, 0.5) is 4.79 Å². The molecule has 2 bridgehead atoms. The Labute approximate surface area is 143 Å². The Kier molecular flexibility index (Phi) is 4.81. The number of fused-ring (bicyclic) bond motifs is 2. The topological polar surface area (TPSA) is 157 Å². The van der Waals surface area contributed by atoms with Gasteiger partial charge in [-0.05, 0) is 25.8 Å². The third-order valence-corrected chi connectivity index (χ3v) is 4.89. The molecule has 3 saturated heterocycles. The van der Waals surface area contributed by atoms with Crippen LogP contribution in [0.15, 0.2) is 0 Å². The van der Waals surface area contributed by atoms with E-state index in [9.17, 15) is 22.8 Å². The number of hydrazine groups is 1. The molecule has 3 heterocycles. The van der Waals surface area contributed by atoms with E-state index < -0.39 is 34.4 Å². The van der Waals surface area contributed by atoms with E-state index in [0.29, 0.717) is 24.4 Å². The number of nitrogens with zero attached hydrogens (tertiary/aromatic N) is 2. The largest absolute Gasteiger partial charge is 0.418 e. The van der Waals surface area contributed by atoms with Crippen LogP contribution < -0.4 is 16.2 Å². The average Bonchev–Trinajstić information content (AvgIpc) is 3.16. The highest BCUT2D eigenvalue weighted by Crippen LogP contribution is 2.30. The van der Waals surface area contributed by atoms with Crippen molar-refractivity contribution in [1.82, 2.24) is 26.1 Å². The molecule has 0 spiro atoms. The fraction of sp³-hybridized carbons (Fsp3) is 0.750. The number of hydrogen-bond donors (Lipinski definition) is 4. The van der Waals surface area contributed by atoms with Crippen molar-refractivity contribution in [2.75, 3.05) is 19.6 Å². The molecular weight excluding hydrogens is 358 g/mol. The van der Waals surface area contributed by atoms with Crippen molar-refractivity contribution in [1.29, 1.82) is 0 Å². The molecule has 140 valence electrons. The molecule has 4 N–H and O–H groups in total. The second-order valence-electron chi connectivity index (χ2n) is 6.18. The van der Waals surface area contributed by atoms with Crippen molar-refractivity contribution in [2.45, 2.75) is 31.3 Å². The van der Waals surface area contributed by atoms with Gasteiger partial charge in [0.05, 0.1) is 12.0 Å². The van der Waals surface area contributed by atoms with E-state index in [2.05, 4.69) is 20.5 Å². The van der Waals surface area contributed by atoms with E-state index in [1.165, 1.54) is 0 Å². The third-order valence-electron chi connectivity index (χ3n) is 4.54. The molecule has 1 unspecified atom stereocenters. The zero-order valence-corrected chi connectivity index (χ0v) is 14.0. The summed E-state index contributed by atoms with van der Waals surface area (Å²) in [5, 5.41) is 3.60. The molecule has 0 saturated carbocycles. The number of hydrogen-bond acceptors (Lipinski definition) is 7. The van der Waals surface area contributed by atoms with Gasteiger partial charge in [-0.1, -0.05) is 0 Å². The van der Waals surface area contributed by atoms with Gasteiger partial charge in [0.2, 0.25) is 5.91 Å². The van der Waals surface area contributed by atoms with Gasteiger partial charge >= 0.3 is 16.4 Å². The molecule has 0 aromatic carbocycles. The molecule has 3 aliphatic rings. The number of amides is 4. The molecule has 0 aromatic rings. The number of hydroxylamine groups is 2. The van der Waals surface area contributed by atoms with Crippen molar-refractivity contribution < 1.29 is 31.6 Å². The molecule has 13 heteroatoms. The molecule has 3 fully saturated rings. The average molecular weight is 377 g/mol. The molecule has 25 heavy (non-hydrogen) atoms. The fourth-order valence-electron chi connectivity index (χ4n) is 3.29. The second kappa shape index (κ2) is 6.74. The number of carbonyl (C=O) groups is 3. The van der Waals surface area contributed by atoms with E-state index in [1.54, 1.807) is 0 Å². The predicted octanol–water partition coefficient (Wildman–Crippen LogP) is -2.25. The van der Waals surface area contributed by atoms with E-state index in [4.69, 9.17) is 4.55 Å². The van der Waals surface area contributed by atoms with Crippen LogP contribution in [0.2, 0.25) is 0 Å². The first-order chi connectivity index (χ1) is 11.8. The maximum Gasteiger partial charge on any atom is 0.418 e. The Morgan fingerprint density at radius 3 is 2.56 bits per heavy atom. The van der Waals surface area contributed by atoms with Gasteiger partial charge in [-0.3, -0.25) is 25.0 Å². The van der Waals surface area contributed by atoms with Crippen LogP contribution in [0.3, 0.4) is 0 Å². The van der Waals surface area contributed by atoms with Gasteiger partial charge in [0.15, 0.2) is 0 Å². The number of carbonyl (C=O) groups excluding carboxylic acids is 3. The Morgan fingerprint density at radius 1 is 1.20 bits per heavy atom. The van der Waals surface area contributed by atoms with Gasteiger partial charge in [0, 0.05) is 13.1 Å². The molecule has 4 amide bonds. The van der Waals surface area contributed by atoms with Crippen molar-refractivity contribution in [2.24, 2.45) is 5.92 Å². The zero-order chi connectivity index (χ0) is 18.2. The van der Waals surface area contributed by atoms with Crippen LogP contribution in [0, 0.1) is 5.92 Å². The first-order valence-corrected chi connectivity index (χ1v) is 9.20. The van der Waals surface area contributed by atoms with E-state index in [1.807, 2.05) is 0 Å². The lowest BCUT2D eigenvalue weighted by molar-refractivity contribution is -0.133. The van der Waals surface area contributed by atoms with E-state index >= 15 is 0 Å². The van der Waals surface area contributed by atoms with Gasteiger partial charge < -0.3 is 10.2 Å². The number of nitrogens with one attached hydrogen (secondary N) is 3. The summed E-state index contributed by atoms with van der Waals surface area (Å²) in [4.78, 5) is 37.5. The van der Waals surface area contributed by atoms with Crippen molar-refractivity contribution in [3.63, 3.8) is 0 Å². The lowest BCUT2D eigenvalue weighted by atomic mass is 10.0. The minimum Gasteiger partial charge on any atom is -0.316 e. The summed E-state index contributed by atoms with van der Waals surface area (Å²) in [6, 6.07) is -2.26. The summed E-state index contributed by atoms with van der Waals surface area (Å²) in [6.07, 6.45) is 1.27. The van der Waals surface area contributed by atoms with E-state index in [0.717, 1.165) is 11.4 Å². The molecule has 3 atom stereocenters. The SMILES string of the molecule is O=C(NNC(=O)[C@H]1CC[C@H]2CN1C(=O)N2OS(=O)(=O)O)C1CCNC1. The lowest BCUT2D eigenvalue weighted by Crippen LogP contribution is -2.55. The Hall–Kier alpha value is -1.96. The molecule has 3 rings (SSSR count). The minimum absolute atomic E-state index is 0.0902. The molecule has 0 radical (unpaired) electrons. The summed E-state index contributed by atoms with van der Waals surface area (Å²) < 4.78 is 34.7. The highest BCUT2D eigenvalue weighted by molar-refractivity contribution is 7.80. The zero-order valence-electron chi connectivity index (χ0n) is 13.2. The maximum atomic E-state index is 12.3. The number of rotatable bonds is 4. The van der Waals surface area contributed by atoms with Crippen LogP contribution >= 0.6 is 0 Å². The van der Waals surface area contributed by atoms with E-state index in [-0.39, 0.29) is 24.8 Å². The number of urea groups is 1. The second-order valence-corrected chi connectivity index (χ2v) is 7.18. The third kappa shape index (κ3) is 3.84. The van der Waals surface area contributed by atoms with Gasteiger partial charge in [-0.25, -0.2) is 4.79 Å². The smallest absolute Gasteiger partial charge is 0.316 e. The standard InChI is InChI=1S/C12H19N5O7S/c18-10(7-3-4-13-5-7)14-15-11(19)9-2-1-8-6-16(9)12(20)17(8)24-25(21,22)23/h7-9,13H,1-6H2,(H,14,18)(H,15,19)(H,21,22,23)/t7?,8-,9+/m0/s1. The molecule has 3 aliphatic heterocycles. The van der Waals surface area contributed by atoms with Gasteiger partial charge in [0.25, 0.3) is 5.91 Å². The lowest BCUT2D eigenvalue weighted by Gasteiger charge is -2.29. The fourth-order valence-corrected chi connectivity index (χ4v) is 3.68. The van der Waals surface area contributed by atoms with Gasteiger partial charge in [0.1, 0.15) is 6.04 Å². The predicted molar refractivity (Wildman–Crippen MR) is 80.6 cm³/mol. The van der Waals surface area contributed by atoms with Crippen LogP contribution in [0.1, 0.15) is 19.3 Å². The Balaban J connectivity index is 1.57. The van der Waals surface area contributed by atoms with Crippen molar-refractivity contribution in [3.8, 4) is 0 Å². The van der Waals surface area contributed by atoms with Crippen LogP contribution in [0.25, 0.3) is 0 Å². The normalized spacial score (nSPS) is 29.0. The Bertz CT molecular complexity index is 677. The van der Waals surface area contributed by atoms with Crippen LogP contribution in [0.5, 0.6) is 0 Å². The van der Waals surface area contributed by atoms with Gasteiger partial charge in [-0.2, -0.15) is 13.5 Å². The van der Waals surface area contributed by atoms with Gasteiger partial charge in [-0.15, -0.1) is 4.28 Å². The first-order valence-electron chi connectivity index (χ1n) is 7.83. The van der Waals surface area contributed by atoms with Crippen molar-refractivity contribution >= 4 is 28.2 Å². The minimum atomic E-state index is -4.83. The maximum absolute atomic E-state index is 12.3. The molecule has 0 aromatic heterocycles. The first kappa shape index (κ1) is 17.8. The monoisotopic (exact) mass is 377 g/mol. The van der Waals surface area contributed by atoms with Crippen molar-refractivity contribution in [3.05, 3.63) is 0 Å².